The summed E-state index contributed by atoms with van der Waals surface area (Å²) in [5.41, 5.74) is 4.97. The molecule has 0 saturated carbocycles. The van der Waals surface area contributed by atoms with Crippen LogP contribution in [0.4, 0.5) is 0 Å². The molecule has 0 spiro atoms. The van der Waals surface area contributed by atoms with Crippen molar-refractivity contribution in [2.45, 2.75) is 51.9 Å². The summed E-state index contributed by atoms with van der Waals surface area (Å²) in [4.78, 5) is 3.89. The van der Waals surface area contributed by atoms with Crippen LogP contribution in [-0.4, -0.2) is 13.8 Å². The lowest BCUT2D eigenvalue weighted by molar-refractivity contribution is 0.510. The summed E-state index contributed by atoms with van der Waals surface area (Å²) in [6.07, 6.45) is 4.83. The van der Waals surface area contributed by atoms with Gasteiger partial charge in [-0.25, -0.2) is 0 Å². The monoisotopic (exact) mass is 285 g/mol. The molecular weight excluding hydrogens is 258 g/mol. The predicted octanol–water partition coefficient (Wildman–Crippen LogP) is 4.99. The van der Waals surface area contributed by atoms with E-state index in [1.54, 1.807) is 0 Å². The number of nitrogens with one attached hydrogen (secondary N) is 1. The van der Waals surface area contributed by atoms with E-state index in [0.717, 1.165) is 0 Å². The molecule has 0 aliphatic heterocycles. The molecule has 2 heteroatoms. The molecule has 1 aliphatic rings. The first-order chi connectivity index (χ1) is 9.19. The van der Waals surface area contributed by atoms with Gasteiger partial charge in [0.2, 0.25) is 0 Å². The van der Waals surface area contributed by atoms with Gasteiger partial charge < -0.3 is 4.98 Å². The fourth-order valence-corrected chi connectivity index (χ4v) is 7.23. The second-order valence-corrected chi connectivity index (χ2v) is 11.8. The van der Waals surface area contributed by atoms with Gasteiger partial charge in [-0.15, -0.1) is 0 Å². The van der Waals surface area contributed by atoms with E-state index in [0.29, 0.717) is 5.54 Å². The van der Waals surface area contributed by atoms with E-state index in [9.17, 15) is 0 Å². The Labute approximate surface area is 124 Å². The largest absolute Gasteiger partial charge is 0.332 e. The standard InChI is InChI=1S/C18H27NSi/c1-14-12-16(15-10-8-7-9-11-15)13-17(14)20(5,6)19-18(2,3)4/h7-13,17,19H,1-6H3. The molecule has 0 fully saturated rings. The average Bonchev–Trinajstić information content (AvgIpc) is 2.70. The van der Waals surface area contributed by atoms with Crippen molar-refractivity contribution in [3.63, 3.8) is 0 Å². The van der Waals surface area contributed by atoms with Crippen LogP contribution in [0.1, 0.15) is 33.3 Å². The summed E-state index contributed by atoms with van der Waals surface area (Å²) in [6.45, 7) is 13.9. The molecule has 20 heavy (non-hydrogen) atoms. The Morgan fingerprint density at radius 3 is 2.20 bits per heavy atom. The molecule has 0 bridgehead atoms. The summed E-state index contributed by atoms with van der Waals surface area (Å²) in [5, 5.41) is 0. The Balaban J connectivity index is 2.27. The first-order valence-corrected chi connectivity index (χ1v) is 10.5. The van der Waals surface area contributed by atoms with Crippen LogP contribution in [0.5, 0.6) is 0 Å². The Hall–Kier alpha value is -1.12. The highest BCUT2D eigenvalue weighted by atomic mass is 28.3. The van der Waals surface area contributed by atoms with Crippen LogP contribution in [0.3, 0.4) is 0 Å². The van der Waals surface area contributed by atoms with Crippen LogP contribution >= 0.6 is 0 Å². The molecule has 1 N–H and O–H groups in total. The van der Waals surface area contributed by atoms with Gasteiger partial charge in [0.05, 0.1) is 0 Å². The summed E-state index contributed by atoms with van der Waals surface area (Å²) in [5.74, 6) is 0. The van der Waals surface area contributed by atoms with E-state index in [-0.39, 0.29) is 5.54 Å². The fraction of sp³-hybridized carbons (Fsp3) is 0.444. The Kier molecular flexibility index (Phi) is 4.08. The number of allylic oxidation sites excluding steroid dienone is 4. The van der Waals surface area contributed by atoms with Gasteiger partial charge in [0.25, 0.3) is 0 Å². The van der Waals surface area contributed by atoms with Gasteiger partial charge in [-0.2, -0.15) is 0 Å². The molecular formula is C18H27NSi. The Bertz CT molecular complexity index is 532. The van der Waals surface area contributed by atoms with Gasteiger partial charge in [-0.3, -0.25) is 0 Å². The van der Waals surface area contributed by atoms with Crippen LogP contribution < -0.4 is 4.98 Å². The molecule has 1 aromatic carbocycles. The van der Waals surface area contributed by atoms with Crippen molar-refractivity contribution in [3.8, 4) is 0 Å². The molecule has 1 nitrogen and oxygen atoms in total. The zero-order chi connectivity index (χ0) is 15.0. The maximum atomic E-state index is 3.89. The third kappa shape index (κ3) is 3.50. The molecule has 1 unspecified atom stereocenters. The third-order valence-corrected chi connectivity index (χ3v) is 7.37. The van der Waals surface area contributed by atoms with Crippen molar-refractivity contribution in [2.75, 3.05) is 0 Å². The van der Waals surface area contributed by atoms with Crippen LogP contribution in [0, 0.1) is 0 Å². The van der Waals surface area contributed by atoms with Gasteiger partial charge in [-0.05, 0) is 38.8 Å². The molecule has 0 heterocycles. The lowest BCUT2D eigenvalue weighted by Crippen LogP contribution is -2.56. The first-order valence-electron chi connectivity index (χ1n) is 7.44. The third-order valence-electron chi connectivity index (χ3n) is 3.80. The van der Waals surface area contributed by atoms with Gasteiger partial charge in [0.1, 0.15) is 8.24 Å². The maximum absolute atomic E-state index is 3.89. The van der Waals surface area contributed by atoms with Gasteiger partial charge >= 0.3 is 0 Å². The van der Waals surface area contributed by atoms with Crippen molar-refractivity contribution in [2.24, 2.45) is 0 Å². The van der Waals surface area contributed by atoms with Crippen molar-refractivity contribution < 1.29 is 0 Å². The molecule has 0 radical (unpaired) electrons. The van der Waals surface area contributed by atoms with E-state index in [4.69, 9.17) is 0 Å². The number of rotatable bonds is 3. The molecule has 2 rings (SSSR count). The van der Waals surface area contributed by atoms with Crippen LogP contribution in [0.2, 0.25) is 18.6 Å². The quantitative estimate of drug-likeness (QED) is 0.771. The maximum Gasteiger partial charge on any atom is 0.130 e. The topological polar surface area (TPSA) is 12.0 Å². The summed E-state index contributed by atoms with van der Waals surface area (Å²) in [7, 11) is -1.54. The number of hydrogen-bond donors (Lipinski definition) is 1. The molecule has 1 atom stereocenters. The predicted molar refractivity (Wildman–Crippen MR) is 92.3 cm³/mol. The van der Waals surface area contributed by atoms with Crippen molar-refractivity contribution in [3.05, 3.63) is 53.6 Å². The molecule has 1 aliphatic carbocycles. The van der Waals surface area contributed by atoms with E-state index in [2.05, 4.69) is 88.3 Å². The minimum absolute atomic E-state index is 0.180. The average molecular weight is 286 g/mol. The smallest absolute Gasteiger partial charge is 0.130 e. The van der Waals surface area contributed by atoms with E-state index in [1.165, 1.54) is 16.7 Å². The lowest BCUT2D eigenvalue weighted by atomic mass is 10.1. The van der Waals surface area contributed by atoms with Crippen LogP contribution in [-0.2, 0) is 0 Å². The summed E-state index contributed by atoms with van der Waals surface area (Å²) in [6, 6.07) is 10.7. The highest BCUT2D eigenvalue weighted by Crippen LogP contribution is 2.40. The molecule has 0 aromatic heterocycles. The highest BCUT2D eigenvalue weighted by molar-refractivity contribution is 6.78. The normalized spacial score (nSPS) is 19.8. The fourth-order valence-electron chi connectivity index (χ4n) is 3.33. The Morgan fingerprint density at radius 2 is 1.65 bits per heavy atom. The lowest BCUT2D eigenvalue weighted by Gasteiger charge is -2.37. The van der Waals surface area contributed by atoms with E-state index >= 15 is 0 Å². The molecule has 1 aromatic rings. The minimum Gasteiger partial charge on any atom is -0.332 e. The van der Waals surface area contributed by atoms with Crippen molar-refractivity contribution in [1.29, 1.82) is 0 Å². The zero-order valence-electron chi connectivity index (χ0n) is 13.6. The SMILES string of the molecule is CC1=CC(c2ccccc2)=CC1[Si](C)(C)NC(C)(C)C. The van der Waals surface area contributed by atoms with Crippen molar-refractivity contribution in [1.82, 2.24) is 4.98 Å². The second-order valence-electron chi connectivity index (χ2n) is 7.45. The zero-order valence-corrected chi connectivity index (χ0v) is 14.6. The Morgan fingerprint density at radius 1 is 1.05 bits per heavy atom. The summed E-state index contributed by atoms with van der Waals surface area (Å²) < 4.78 is 0. The second kappa shape index (κ2) is 5.34. The molecule has 0 amide bonds. The van der Waals surface area contributed by atoms with E-state index in [1.807, 2.05) is 0 Å². The van der Waals surface area contributed by atoms with Crippen molar-refractivity contribution >= 4 is 13.8 Å². The van der Waals surface area contributed by atoms with Crippen LogP contribution in [0.25, 0.3) is 5.57 Å². The number of benzene rings is 1. The first kappa shape index (κ1) is 15.3. The highest BCUT2D eigenvalue weighted by Gasteiger charge is 2.36. The van der Waals surface area contributed by atoms with Crippen LogP contribution in [0.15, 0.2) is 48.1 Å². The van der Waals surface area contributed by atoms with Gasteiger partial charge in [0, 0.05) is 11.1 Å². The minimum atomic E-state index is -1.54. The van der Waals surface area contributed by atoms with Gasteiger partial charge in [0.15, 0.2) is 0 Å². The molecule has 0 saturated heterocycles. The van der Waals surface area contributed by atoms with E-state index < -0.39 is 8.24 Å². The molecule has 108 valence electrons. The summed E-state index contributed by atoms with van der Waals surface area (Å²) >= 11 is 0. The van der Waals surface area contributed by atoms with Gasteiger partial charge in [-0.1, -0.05) is 61.2 Å². The number of hydrogen-bond acceptors (Lipinski definition) is 1.